The van der Waals surface area contributed by atoms with Crippen LogP contribution in [0.2, 0.25) is 0 Å². The van der Waals surface area contributed by atoms with Crippen molar-refractivity contribution in [3.63, 3.8) is 0 Å². The maximum atomic E-state index is 11.4. The average Bonchev–Trinajstić information content (AvgIpc) is 2.46. The Morgan fingerprint density at radius 2 is 1.39 bits per heavy atom. The van der Waals surface area contributed by atoms with E-state index in [1.165, 1.54) is 42.5 Å². The molecule has 0 saturated heterocycles. The van der Waals surface area contributed by atoms with Gasteiger partial charge in [-0.1, -0.05) is 6.92 Å². The van der Waals surface area contributed by atoms with Crippen LogP contribution in [-0.2, 0) is 26.5 Å². The number of hydrogen-bond acceptors (Lipinski definition) is 5. The van der Waals surface area contributed by atoms with Crippen molar-refractivity contribution in [2.75, 3.05) is 0 Å². The lowest BCUT2D eigenvalue weighted by molar-refractivity contribution is 0.475. The van der Waals surface area contributed by atoms with Gasteiger partial charge in [-0.15, -0.1) is 0 Å². The fourth-order valence-corrected chi connectivity index (χ4v) is 3.01. The minimum absolute atomic E-state index is 0.00581. The van der Waals surface area contributed by atoms with E-state index in [1.54, 1.807) is 0 Å². The van der Waals surface area contributed by atoms with E-state index in [2.05, 4.69) is 0 Å². The van der Waals surface area contributed by atoms with E-state index in [9.17, 15) is 16.8 Å². The first kappa shape index (κ1) is 17.4. The Bertz CT molecular complexity index is 920. The molecule has 124 valence electrons. The third-order valence-electron chi connectivity index (χ3n) is 3.12. The molecule has 2 aromatic rings. The Kier molecular flexibility index (Phi) is 4.76. The number of sulfonamides is 2. The van der Waals surface area contributed by atoms with E-state index in [0.717, 1.165) is 0 Å². The highest BCUT2D eigenvalue weighted by molar-refractivity contribution is 7.89. The molecule has 0 aliphatic rings. The van der Waals surface area contributed by atoms with Crippen molar-refractivity contribution >= 4 is 20.0 Å². The normalized spacial score (nSPS) is 12.1. The molecule has 0 spiro atoms. The number of ether oxygens (including phenoxy) is 1. The summed E-state index contributed by atoms with van der Waals surface area (Å²) in [5, 5.41) is 10.1. The summed E-state index contributed by atoms with van der Waals surface area (Å²) < 4.78 is 50.8. The fourth-order valence-electron chi connectivity index (χ4n) is 1.93. The van der Waals surface area contributed by atoms with E-state index < -0.39 is 20.0 Å². The first-order chi connectivity index (χ1) is 10.6. The number of primary sulfonamides is 2. The van der Waals surface area contributed by atoms with Crippen LogP contribution in [0.4, 0.5) is 0 Å². The number of hydrogen-bond donors (Lipinski definition) is 2. The molecule has 0 radical (unpaired) electrons. The van der Waals surface area contributed by atoms with Gasteiger partial charge in [0.25, 0.3) is 0 Å². The summed E-state index contributed by atoms with van der Waals surface area (Å²) in [6, 6.07) is 9.89. The summed E-state index contributed by atoms with van der Waals surface area (Å²) >= 11 is 0. The molecule has 4 N–H and O–H groups in total. The molecule has 0 bridgehead atoms. The fraction of sp³-hybridized carbons (Fsp3) is 0.143. The molecule has 9 heteroatoms. The standard InChI is InChI=1S/C14H16N2O5S2/c1-2-10-9-13(23(16,19)20)7-8-14(10)21-11-3-5-12(6-4-11)22(15,17)18/h3-9H,2H2,1H3,(H2,15,17,18)(H2,16,19,20). The van der Waals surface area contributed by atoms with E-state index in [4.69, 9.17) is 15.0 Å². The van der Waals surface area contributed by atoms with Gasteiger partial charge in [-0.3, -0.25) is 0 Å². The summed E-state index contributed by atoms with van der Waals surface area (Å²) in [4.78, 5) is -0.0172. The molecule has 2 aromatic carbocycles. The molecule has 2 rings (SSSR count). The van der Waals surface area contributed by atoms with Crippen molar-refractivity contribution in [3.8, 4) is 11.5 Å². The highest BCUT2D eigenvalue weighted by Gasteiger charge is 2.13. The molecule has 0 saturated carbocycles. The van der Waals surface area contributed by atoms with Crippen molar-refractivity contribution in [2.24, 2.45) is 10.3 Å². The Hall–Kier alpha value is -1.94. The van der Waals surface area contributed by atoms with Crippen LogP contribution in [0, 0.1) is 0 Å². The average molecular weight is 356 g/mol. The van der Waals surface area contributed by atoms with Crippen LogP contribution >= 0.6 is 0 Å². The molecule has 0 amide bonds. The number of rotatable bonds is 5. The largest absolute Gasteiger partial charge is 0.457 e. The molecule has 7 nitrogen and oxygen atoms in total. The number of nitrogens with two attached hydrogens (primary N) is 2. The van der Waals surface area contributed by atoms with Crippen LogP contribution in [0.5, 0.6) is 11.5 Å². The van der Waals surface area contributed by atoms with Crippen molar-refractivity contribution in [2.45, 2.75) is 23.1 Å². The monoisotopic (exact) mass is 356 g/mol. The molecule has 0 atom stereocenters. The van der Waals surface area contributed by atoms with Crippen molar-refractivity contribution in [3.05, 3.63) is 48.0 Å². The smallest absolute Gasteiger partial charge is 0.238 e. The van der Waals surface area contributed by atoms with Gasteiger partial charge in [0.15, 0.2) is 0 Å². The zero-order valence-electron chi connectivity index (χ0n) is 12.3. The van der Waals surface area contributed by atoms with Crippen LogP contribution < -0.4 is 15.0 Å². The Labute approximate surface area is 135 Å². The predicted octanol–water partition coefficient (Wildman–Crippen LogP) is 1.34. The lowest BCUT2D eigenvalue weighted by atomic mass is 10.1. The quantitative estimate of drug-likeness (QED) is 0.835. The highest BCUT2D eigenvalue weighted by Crippen LogP contribution is 2.28. The molecule has 0 unspecified atom stereocenters. The molecule has 0 aliphatic carbocycles. The van der Waals surface area contributed by atoms with Gasteiger partial charge in [-0.25, -0.2) is 27.1 Å². The number of benzene rings is 2. The minimum atomic E-state index is -3.78. The van der Waals surface area contributed by atoms with Gasteiger partial charge in [-0.05, 0) is 54.4 Å². The van der Waals surface area contributed by atoms with Crippen LogP contribution in [0.3, 0.4) is 0 Å². The molecule has 0 heterocycles. The van der Waals surface area contributed by atoms with Crippen molar-refractivity contribution < 1.29 is 21.6 Å². The summed E-state index contributed by atoms with van der Waals surface area (Å²) in [6.07, 6.45) is 0.536. The van der Waals surface area contributed by atoms with Gasteiger partial charge in [0, 0.05) is 0 Å². The van der Waals surface area contributed by atoms with E-state index in [0.29, 0.717) is 23.5 Å². The third-order valence-corrected chi connectivity index (χ3v) is 4.96. The van der Waals surface area contributed by atoms with Crippen LogP contribution in [0.15, 0.2) is 52.3 Å². The van der Waals surface area contributed by atoms with Gasteiger partial charge in [0.1, 0.15) is 11.5 Å². The zero-order chi connectivity index (χ0) is 17.3. The second kappa shape index (κ2) is 6.28. The molecule has 0 fully saturated rings. The summed E-state index contributed by atoms with van der Waals surface area (Å²) in [5.74, 6) is 0.860. The van der Waals surface area contributed by atoms with Gasteiger partial charge in [0.2, 0.25) is 20.0 Å². The summed E-state index contributed by atoms with van der Waals surface area (Å²) in [7, 11) is -7.55. The zero-order valence-corrected chi connectivity index (χ0v) is 13.9. The first-order valence-electron chi connectivity index (χ1n) is 6.57. The SMILES string of the molecule is CCc1cc(S(N)(=O)=O)ccc1Oc1ccc(S(N)(=O)=O)cc1. The van der Waals surface area contributed by atoms with Gasteiger partial charge in [0.05, 0.1) is 9.79 Å². The molecular weight excluding hydrogens is 340 g/mol. The maximum absolute atomic E-state index is 11.4. The van der Waals surface area contributed by atoms with Gasteiger partial charge in [-0.2, -0.15) is 0 Å². The molecular formula is C14H16N2O5S2. The van der Waals surface area contributed by atoms with Gasteiger partial charge < -0.3 is 4.74 Å². The molecule has 0 aromatic heterocycles. The van der Waals surface area contributed by atoms with Crippen LogP contribution in [-0.4, -0.2) is 16.8 Å². The minimum Gasteiger partial charge on any atom is -0.457 e. The lowest BCUT2D eigenvalue weighted by Gasteiger charge is -2.11. The predicted molar refractivity (Wildman–Crippen MR) is 85.1 cm³/mol. The lowest BCUT2D eigenvalue weighted by Crippen LogP contribution is -2.12. The number of aryl methyl sites for hydroxylation is 1. The highest BCUT2D eigenvalue weighted by atomic mass is 32.2. The first-order valence-corrected chi connectivity index (χ1v) is 9.67. The topological polar surface area (TPSA) is 130 Å². The summed E-state index contributed by atoms with van der Waals surface area (Å²) in [5.41, 5.74) is 0.659. The van der Waals surface area contributed by atoms with Gasteiger partial charge >= 0.3 is 0 Å². The third kappa shape index (κ3) is 4.29. The second-order valence-corrected chi connectivity index (χ2v) is 7.91. The molecule has 23 heavy (non-hydrogen) atoms. The molecule has 0 aliphatic heterocycles. The Morgan fingerprint density at radius 1 is 0.870 bits per heavy atom. The maximum Gasteiger partial charge on any atom is 0.238 e. The Morgan fingerprint density at radius 3 is 1.87 bits per heavy atom. The van der Waals surface area contributed by atoms with E-state index in [1.807, 2.05) is 6.92 Å². The van der Waals surface area contributed by atoms with Crippen molar-refractivity contribution in [1.82, 2.24) is 0 Å². The second-order valence-electron chi connectivity index (χ2n) is 4.79. The summed E-state index contributed by atoms with van der Waals surface area (Å²) in [6.45, 7) is 1.85. The van der Waals surface area contributed by atoms with E-state index >= 15 is 0 Å². The van der Waals surface area contributed by atoms with Crippen LogP contribution in [0.25, 0.3) is 0 Å². The Balaban J connectivity index is 2.33. The van der Waals surface area contributed by atoms with E-state index in [-0.39, 0.29) is 9.79 Å². The van der Waals surface area contributed by atoms with Crippen LogP contribution in [0.1, 0.15) is 12.5 Å². The van der Waals surface area contributed by atoms with Crippen molar-refractivity contribution in [1.29, 1.82) is 0 Å².